The van der Waals surface area contributed by atoms with E-state index in [2.05, 4.69) is 13.8 Å². The first kappa shape index (κ1) is 14.3. The minimum absolute atomic E-state index is 0.162. The quantitative estimate of drug-likeness (QED) is 0.707. The molecule has 0 amide bonds. The fourth-order valence-corrected chi connectivity index (χ4v) is 4.71. The van der Waals surface area contributed by atoms with E-state index in [1.165, 1.54) is 0 Å². The maximum atomic E-state index is 10.6. The van der Waals surface area contributed by atoms with Crippen molar-refractivity contribution in [1.29, 1.82) is 0 Å². The van der Waals surface area contributed by atoms with Crippen molar-refractivity contribution in [2.75, 3.05) is 6.61 Å². The zero-order valence-corrected chi connectivity index (χ0v) is 11.9. The highest BCUT2D eigenvalue weighted by Gasteiger charge is 2.58. The summed E-state index contributed by atoms with van der Waals surface area (Å²) < 4.78 is 0. The molecule has 0 aliphatic heterocycles. The summed E-state index contributed by atoms with van der Waals surface area (Å²) >= 11 is 0. The first-order valence-electron chi connectivity index (χ1n) is 7.35. The predicted octanol–water partition coefficient (Wildman–Crippen LogP) is 1.94. The molecule has 3 nitrogen and oxygen atoms in total. The van der Waals surface area contributed by atoms with Gasteiger partial charge in [-0.1, -0.05) is 13.8 Å². The smallest absolute Gasteiger partial charge is 0.0644 e. The summed E-state index contributed by atoms with van der Waals surface area (Å²) in [6.07, 6.45) is 3.67. The van der Waals surface area contributed by atoms with Crippen LogP contribution in [0.3, 0.4) is 0 Å². The highest BCUT2D eigenvalue weighted by molar-refractivity contribution is 5.07. The molecule has 0 saturated heterocycles. The average molecular weight is 256 g/mol. The standard InChI is InChI=1S/C15H28O3/c1-10(2)12-5-4-11(9-16)15(12)7-6-14(3,18)8-13(15)17/h10-13,16-18H,4-9H2,1-3H3/t11-,12+,13-,14-,15-/m1/s1. The molecule has 0 aromatic carbocycles. The van der Waals surface area contributed by atoms with Crippen LogP contribution >= 0.6 is 0 Å². The molecule has 0 heterocycles. The fourth-order valence-electron chi connectivity index (χ4n) is 4.71. The van der Waals surface area contributed by atoms with Crippen LogP contribution in [0.25, 0.3) is 0 Å². The molecule has 3 N–H and O–H groups in total. The van der Waals surface area contributed by atoms with Crippen LogP contribution in [0, 0.1) is 23.2 Å². The first-order valence-corrected chi connectivity index (χ1v) is 7.35. The summed E-state index contributed by atoms with van der Waals surface area (Å²) in [4.78, 5) is 0. The van der Waals surface area contributed by atoms with Crippen LogP contribution in [0.5, 0.6) is 0 Å². The number of aliphatic hydroxyl groups is 3. The van der Waals surface area contributed by atoms with Gasteiger partial charge in [-0.25, -0.2) is 0 Å². The Morgan fingerprint density at radius 3 is 2.39 bits per heavy atom. The van der Waals surface area contributed by atoms with Gasteiger partial charge in [0.2, 0.25) is 0 Å². The van der Waals surface area contributed by atoms with Crippen molar-refractivity contribution >= 4 is 0 Å². The minimum atomic E-state index is -0.741. The SMILES string of the molecule is CC(C)[C@@H]1CC[C@H](CO)[C@]12CC[C@@](C)(O)C[C@H]2O. The molecule has 2 rings (SSSR count). The second-order valence-electron chi connectivity index (χ2n) is 7.14. The molecule has 2 aliphatic carbocycles. The molecule has 3 heteroatoms. The molecule has 2 saturated carbocycles. The summed E-state index contributed by atoms with van der Waals surface area (Å²) in [5.74, 6) is 1.20. The molecule has 5 atom stereocenters. The van der Waals surface area contributed by atoms with Crippen LogP contribution in [0.15, 0.2) is 0 Å². The van der Waals surface area contributed by atoms with Gasteiger partial charge in [-0.2, -0.15) is 0 Å². The van der Waals surface area contributed by atoms with E-state index in [1.807, 2.05) is 6.92 Å². The van der Waals surface area contributed by atoms with E-state index in [0.29, 0.717) is 18.3 Å². The lowest BCUT2D eigenvalue weighted by atomic mass is 9.57. The number of aliphatic hydroxyl groups excluding tert-OH is 2. The third-order valence-corrected chi connectivity index (χ3v) is 5.65. The van der Waals surface area contributed by atoms with Crippen molar-refractivity contribution in [3.8, 4) is 0 Å². The van der Waals surface area contributed by atoms with Crippen LogP contribution in [-0.2, 0) is 0 Å². The van der Waals surface area contributed by atoms with Crippen LogP contribution in [-0.4, -0.2) is 33.6 Å². The first-order chi connectivity index (χ1) is 8.33. The highest BCUT2D eigenvalue weighted by Crippen LogP contribution is 2.59. The molecular weight excluding hydrogens is 228 g/mol. The maximum Gasteiger partial charge on any atom is 0.0644 e. The molecule has 106 valence electrons. The summed E-state index contributed by atoms with van der Waals surface area (Å²) in [7, 11) is 0. The zero-order valence-electron chi connectivity index (χ0n) is 11.9. The van der Waals surface area contributed by atoms with Crippen LogP contribution in [0.1, 0.15) is 52.9 Å². The lowest BCUT2D eigenvalue weighted by Crippen LogP contribution is -2.53. The molecular formula is C15H28O3. The van der Waals surface area contributed by atoms with Crippen molar-refractivity contribution in [2.24, 2.45) is 23.2 Å². The largest absolute Gasteiger partial charge is 0.396 e. The predicted molar refractivity (Wildman–Crippen MR) is 71.1 cm³/mol. The van der Waals surface area contributed by atoms with Gasteiger partial charge < -0.3 is 15.3 Å². The topological polar surface area (TPSA) is 60.7 Å². The average Bonchev–Trinajstić information content (AvgIpc) is 2.63. The van der Waals surface area contributed by atoms with Crippen molar-refractivity contribution in [2.45, 2.75) is 64.6 Å². The molecule has 0 bridgehead atoms. The van der Waals surface area contributed by atoms with Gasteiger partial charge in [0.1, 0.15) is 0 Å². The van der Waals surface area contributed by atoms with E-state index in [4.69, 9.17) is 0 Å². The van der Waals surface area contributed by atoms with Crippen molar-refractivity contribution in [3.05, 3.63) is 0 Å². The van der Waals surface area contributed by atoms with Gasteiger partial charge >= 0.3 is 0 Å². The molecule has 2 aliphatic rings. The number of hydrogen-bond donors (Lipinski definition) is 3. The Morgan fingerprint density at radius 1 is 1.22 bits per heavy atom. The van der Waals surface area contributed by atoms with E-state index in [0.717, 1.165) is 25.7 Å². The number of rotatable bonds is 2. The minimum Gasteiger partial charge on any atom is -0.396 e. The van der Waals surface area contributed by atoms with Crippen molar-refractivity contribution in [3.63, 3.8) is 0 Å². The van der Waals surface area contributed by atoms with Gasteiger partial charge in [0, 0.05) is 18.4 Å². The molecule has 0 aromatic heterocycles. The summed E-state index contributed by atoms with van der Waals surface area (Å²) in [6.45, 7) is 6.41. The molecule has 2 fully saturated rings. The van der Waals surface area contributed by atoms with E-state index < -0.39 is 11.7 Å². The normalized spacial score (nSPS) is 49.2. The van der Waals surface area contributed by atoms with Gasteiger partial charge in [0.25, 0.3) is 0 Å². The van der Waals surface area contributed by atoms with Crippen LogP contribution < -0.4 is 0 Å². The van der Waals surface area contributed by atoms with Crippen molar-refractivity contribution < 1.29 is 15.3 Å². The second-order valence-corrected chi connectivity index (χ2v) is 7.14. The van der Waals surface area contributed by atoms with Gasteiger partial charge in [-0.3, -0.25) is 0 Å². The summed E-state index contributed by atoms with van der Waals surface area (Å²) in [5.41, 5.74) is -0.903. The Kier molecular flexibility index (Phi) is 3.79. The van der Waals surface area contributed by atoms with E-state index in [9.17, 15) is 15.3 Å². The molecule has 0 unspecified atom stereocenters. The van der Waals surface area contributed by atoms with Crippen LogP contribution in [0.4, 0.5) is 0 Å². The monoisotopic (exact) mass is 256 g/mol. The Hall–Kier alpha value is -0.120. The molecule has 0 radical (unpaired) electrons. The van der Waals surface area contributed by atoms with E-state index >= 15 is 0 Å². The van der Waals surface area contributed by atoms with Gasteiger partial charge in [0.05, 0.1) is 11.7 Å². The third-order valence-electron chi connectivity index (χ3n) is 5.65. The van der Waals surface area contributed by atoms with E-state index in [-0.39, 0.29) is 17.9 Å². The number of hydrogen-bond acceptors (Lipinski definition) is 3. The Morgan fingerprint density at radius 2 is 1.89 bits per heavy atom. The maximum absolute atomic E-state index is 10.6. The van der Waals surface area contributed by atoms with E-state index in [1.54, 1.807) is 0 Å². The fraction of sp³-hybridized carbons (Fsp3) is 1.00. The summed E-state index contributed by atoms with van der Waals surface area (Å²) in [5, 5.41) is 30.5. The Balaban J connectivity index is 2.30. The van der Waals surface area contributed by atoms with Crippen molar-refractivity contribution in [1.82, 2.24) is 0 Å². The highest BCUT2D eigenvalue weighted by atomic mass is 16.3. The Bertz CT molecular complexity index is 300. The lowest BCUT2D eigenvalue weighted by molar-refractivity contribution is -0.145. The zero-order chi connectivity index (χ0) is 13.6. The van der Waals surface area contributed by atoms with Gasteiger partial charge in [0.15, 0.2) is 0 Å². The lowest BCUT2D eigenvalue weighted by Gasteiger charge is -2.51. The second kappa shape index (κ2) is 4.77. The molecule has 1 spiro atoms. The van der Waals surface area contributed by atoms with Gasteiger partial charge in [-0.05, 0) is 50.4 Å². The molecule has 0 aromatic rings. The Labute approximate surface area is 110 Å². The molecule has 18 heavy (non-hydrogen) atoms. The summed E-state index contributed by atoms with van der Waals surface area (Å²) in [6, 6.07) is 0. The third kappa shape index (κ3) is 2.10. The van der Waals surface area contributed by atoms with Gasteiger partial charge in [-0.15, -0.1) is 0 Å². The van der Waals surface area contributed by atoms with Crippen LogP contribution in [0.2, 0.25) is 0 Å².